The average molecular weight is 265 g/mol. The molecule has 1 aromatic carbocycles. The van der Waals surface area contributed by atoms with Crippen molar-refractivity contribution in [3.63, 3.8) is 0 Å². The lowest BCUT2D eigenvalue weighted by atomic mass is 10.1. The minimum atomic E-state index is 0.143. The van der Waals surface area contributed by atoms with Gasteiger partial charge in [-0.3, -0.25) is 0 Å². The lowest BCUT2D eigenvalue weighted by molar-refractivity contribution is 0.850. The van der Waals surface area contributed by atoms with E-state index >= 15 is 0 Å². The van der Waals surface area contributed by atoms with E-state index in [1.165, 1.54) is 5.56 Å². The molecule has 2 aromatic heterocycles. The van der Waals surface area contributed by atoms with E-state index in [0.717, 1.165) is 5.69 Å². The third-order valence-corrected chi connectivity index (χ3v) is 3.07. The highest BCUT2D eigenvalue weighted by Gasteiger charge is 2.06. The van der Waals surface area contributed by atoms with Crippen molar-refractivity contribution in [3.05, 3.63) is 66.7 Å². The maximum absolute atomic E-state index is 4.21. The van der Waals surface area contributed by atoms with Gasteiger partial charge in [0.1, 0.15) is 0 Å². The monoisotopic (exact) mass is 265 g/mol. The van der Waals surface area contributed by atoms with Crippen LogP contribution in [-0.4, -0.2) is 19.7 Å². The van der Waals surface area contributed by atoms with Crippen LogP contribution in [0.3, 0.4) is 0 Å². The highest BCUT2D eigenvalue weighted by Crippen LogP contribution is 2.18. The van der Waals surface area contributed by atoms with Gasteiger partial charge in [-0.05, 0) is 36.8 Å². The summed E-state index contributed by atoms with van der Waals surface area (Å²) in [6, 6.07) is 12.1. The second-order valence-corrected chi connectivity index (χ2v) is 4.48. The Kier molecular flexibility index (Phi) is 3.41. The maximum Gasteiger partial charge on any atom is 0.223 e. The van der Waals surface area contributed by atoms with Crippen molar-refractivity contribution < 1.29 is 0 Å². The number of hydrogen-bond acceptors (Lipinski definition) is 4. The van der Waals surface area contributed by atoms with E-state index in [1.54, 1.807) is 24.7 Å². The van der Waals surface area contributed by atoms with Crippen molar-refractivity contribution in [2.45, 2.75) is 13.0 Å². The summed E-state index contributed by atoms with van der Waals surface area (Å²) in [4.78, 5) is 8.33. The number of anilines is 1. The highest BCUT2D eigenvalue weighted by molar-refractivity contribution is 5.37. The van der Waals surface area contributed by atoms with Crippen molar-refractivity contribution >= 4 is 5.95 Å². The van der Waals surface area contributed by atoms with E-state index in [0.29, 0.717) is 5.95 Å². The van der Waals surface area contributed by atoms with Crippen molar-refractivity contribution in [2.75, 3.05) is 5.32 Å². The predicted octanol–water partition coefficient (Wildman–Crippen LogP) is 2.84. The minimum absolute atomic E-state index is 0.143. The summed E-state index contributed by atoms with van der Waals surface area (Å²) >= 11 is 0. The van der Waals surface area contributed by atoms with E-state index < -0.39 is 0 Å². The van der Waals surface area contributed by atoms with Crippen LogP contribution in [0.1, 0.15) is 18.5 Å². The number of nitrogens with one attached hydrogen (secondary N) is 1. The first-order valence-electron chi connectivity index (χ1n) is 6.46. The van der Waals surface area contributed by atoms with Crippen LogP contribution in [0, 0.1) is 0 Å². The fourth-order valence-corrected chi connectivity index (χ4v) is 1.99. The lowest BCUT2D eigenvalue weighted by Gasteiger charge is -2.14. The fraction of sp³-hybridized carbons (Fsp3) is 0.133. The summed E-state index contributed by atoms with van der Waals surface area (Å²) in [7, 11) is 0. The Labute approximate surface area is 117 Å². The molecule has 0 radical (unpaired) electrons. The van der Waals surface area contributed by atoms with E-state index in [1.807, 2.05) is 29.1 Å². The molecular weight excluding hydrogens is 250 g/mol. The average Bonchev–Trinajstić information content (AvgIpc) is 3.03. The Bertz CT molecular complexity index is 647. The molecule has 0 aliphatic rings. The molecule has 5 heteroatoms. The Morgan fingerprint density at radius 2 is 1.75 bits per heavy atom. The number of nitrogens with zero attached hydrogens (tertiary/aromatic N) is 4. The molecule has 0 saturated heterocycles. The SMILES string of the molecule is CC(Nc1ncccn1)c1ccc(-n2cccn2)cc1. The second-order valence-electron chi connectivity index (χ2n) is 4.48. The molecule has 20 heavy (non-hydrogen) atoms. The molecule has 100 valence electrons. The molecule has 3 aromatic rings. The Morgan fingerprint density at radius 3 is 2.40 bits per heavy atom. The van der Waals surface area contributed by atoms with Gasteiger partial charge in [-0.25, -0.2) is 14.6 Å². The first-order chi connectivity index (χ1) is 9.83. The molecule has 1 unspecified atom stereocenters. The summed E-state index contributed by atoms with van der Waals surface area (Å²) in [6.45, 7) is 2.08. The lowest BCUT2D eigenvalue weighted by Crippen LogP contribution is -2.09. The maximum atomic E-state index is 4.21. The number of aromatic nitrogens is 4. The Balaban J connectivity index is 1.74. The van der Waals surface area contributed by atoms with Gasteiger partial charge in [0.15, 0.2) is 0 Å². The zero-order valence-corrected chi connectivity index (χ0v) is 11.1. The van der Waals surface area contributed by atoms with Crippen molar-refractivity contribution in [2.24, 2.45) is 0 Å². The molecule has 0 amide bonds. The molecule has 5 nitrogen and oxygen atoms in total. The third-order valence-electron chi connectivity index (χ3n) is 3.07. The van der Waals surface area contributed by atoms with Gasteiger partial charge in [0.05, 0.1) is 11.7 Å². The smallest absolute Gasteiger partial charge is 0.223 e. The van der Waals surface area contributed by atoms with Crippen LogP contribution < -0.4 is 5.32 Å². The first kappa shape index (κ1) is 12.3. The predicted molar refractivity (Wildman–Crippen MR) is 77.6 cm³/mol. The molecule has 0 spiro atoms. The van der Waals surface area contributed by atoms with Crippen LogP contribution in [-0.2, 0) is 0 Å². The number of rotatable bonds is 4. The summed E-state index contributed by atoms with van der Waals surface area (Å²) in [5.74, 6) is 0.635. The van der Waals surface area contributed by atoms with Gasteiger partial charge in [-0.2, -0.15) is 5.10 Å². The Morgan fingerprint density at radius 1 is 1.00 bits per heavy atom. The third kappa shape index (κ3) is 2.66. The minimum Gasteiger partial charge on any atom is -0.348 e. The summed E-state index contributed by atoms with van der Waals surface area (Å²) in [5.41, 5.74) is 2.22. The largest absolute Gasteiger partial charge is 0.348 e. The van der Waals surface area contributed by atoms with Crippen LogP contribution in [0.5, 0.6) is 0 Å². The Hall–Kier alpha value is -2.69. The van der Waals surface area contributed by atoms with Gasteiger partial charge in [-0.1, -0.05) is 12.1 Å². The standard InChI is InChI=1S/C15H15N5/c1-12(19-15-16-8-2-9-17-15)13-4-6-14(7-5-13)20-11-3-10-18-20/h2-12H,1H3,(H,16,17,19). The highest BCUT2D eigenvalue weighted by atomic mass is 15.3. The number of benzene rings is 1. The van der Waals surface area contributed by atoms with E-state index in [2.05, 4.69) is 39.4 Å². The summed E-state index contributed by atoms with van der Waals surface area (Å²) in [6.07, 6.45) is 7.14. The van der Waals surface area contributed by atoms with Crippen LogP contribution in [0.4, 0.5) is 5.95 Å². The van der Waals surface area contributed by atoms with Gasteiger partial charge in [-0.15, -0.1) is 0 Å². The van der Waals surface area contributed by atoms with Crippen LogP contribution in [0.15, 0.2) is 61.2 Å². The van der Waals surface area contributed by atoms with Gasteiger partial charge >= 0.3 is 0 Å². The van der Waals surface area contributed by atoms with E-state index in [-0.39, 0.29) is 6.04 Å². The topological polar surface area (TPSA) is 55.6 Å². The molecule has 0 aliphatic carbocycles. The molecule has 3 rings (SSSR count). The van der Waals surface area contributed by atoms with Crippen LogP contribution >= 0.6 is 0 Å². The normalized spacial score (nSPS) is 12.1. The van der Waals surface area contributed by atoms with E-state index in [9.17, 15) is 0 Å². The number of hydrogen-bond donors (Lipinski definition) is 1. The molecule has 0 fully saturated rings. The summed E-state index contributed by atoms with van der Waals surface area (Å²) < 4.78 is 1.84. The van der Waals surface area contributed by atoms with Crippen LogP contribution in [0.2, 0.25) is 0 Å². The molecule has 1 atom stereocenters. The first-order valence-corrected chi connectivity index (χ1v) is 6.46. The molecule has 2 heterocycles. The van der Waals surface area contributed by atoms with Gasteiger partial charge in [0, 0.05) is 24.8 Å². The quantitative estimate of drug-likeness (QED) is 0.788. The van der Waals surface area contributed by atoms with Gasteiger partial charge < -0.3 is 5.32 Å². The van der Waals surface area contributed by atoms with Crippen molar-refractivity contribution in [1.29, 1.82) is 0 Å². The van der Waals surface area contributed by atoms with Crippen molar-refractivity contribution in [3.8, 4) is 5.69 Å². The fourth-order valence-electron chi connectivity index (χ4n) is 1.99. The second kappa shape index (κ2) is 5.52. The molecule has 0 aliphatic heterocycles. The van der Waals surface area contributed by atoms with Crippen molar-refractivity contribution in [1.82, 2.24) is 19.7 Å². The molecule has 0 saturated carbocycles. The van der Waals surface area contributed by atoms with Gasteiger partial charge in [0.2, 0.25) is 5.95 Å². The zero-order valence-electron chi connectivity index (χ0n) is 11.1. The zero-order chi connectivity index (χ0) is 13.8. The van der Waals surface area contributed by atoms with E-state index in [4.69, 9.17) is 0 Å². The van der Waals surface area contributed by atoms with Gasteiger partial charge in [0.25, 0.3) is 0 Å². The molecule has 1 N–H and O–H groups in total. The summed E-state index contributed by atoms with van der Waals surface area (Å²) in [5, 5.41) is 7.48. The van der Waals surface area contributed by atoms with Crippen LogP contribution in [0.25, 0.3) is 5.69 Å². The molecular formula is C15H15N5. The molecule has 0 bridgehead atoms.